The summed E-state index contributed by atoms with van der Waals surface area (Å²) in [7, 11) is 0. The molecule has 0 amide bonds. The highest BCUT2D eigenvalue weighted by Gasteiger charge is 2.06. The van der Waals surface area contributed by atoms with Crippen molar-refractivity contribution in [1.29, 1.82) is 0 Å². The van der Waals surface area contributed by atoms with Crippen molar-refractivity contribution < 1.29 is 0 Å². The van der Waals surface area contributed by atoms with Crippen LogP contribution in [0.25, 0.3) is 22.0 Å². The normalized spacial score (nSPS) is 10.6. The van der Waals surface area contributed by atoms with Gasteiger partial charge in [0.1, 0.15) is 10.3 Å². The molecule has 82 valence electrons. The summed E-state index contributed by atoms with van der Waals surface area (Å²) in [6, 6.07) is 8.08. The zero-order chi connectivity index (χ0) is 11.7. The van der Waals surface area contributed by atoms with E-state index < -0.39 is 0 Å². The summed E-state index contributed by atoms with van der Waals surface area (Å²) >= 11 is 5.25. The van der Waals surface area contributed by atoms with Crippen LogP contribution in [0.3, 0.4) is 0 Å². The van der Waals surface area contributed by atoms with Crippen LogP contribution in [0.4, 0.5) is 0 Å². The van der Waals surface area contributed by atoms with Gasteiger partial charge in [-0.25, -0.2) is 0 Å². The van der Waals surface area contributed by atoms with Crippen LogP contribution in [0.1, 0.15) is 0 Å². The number of fused-ring (bicyclic) bond motifs is 1. The molecule has 3 nitrogen and oxygen atoms in total. The Labute approximate surface area is 103 Å². The molecule has 0 saturated heterocycles. The average molecular weight is 239 g/mol. The summed E-state index contributed by atoms with van der Waals surface area (Å²) in [4.78, 5) is 11.5. The van der Waals surface area contributed by atoms with Gasteiger partial charge in [-0.05, 0) is 5.39 Å². The second-order valence-electron chi connectivity index (χ2n) is 3.68. The fourth-order valence-corrected chi connectivity index (χ4v) is 2.08. The van der Waals surface area contributed by atoms with E-state index >= 15 is 0 Å². The van der Waals surface area contributed by atoms with E-state index in [0.29, 0.717) is 4.64 Å². The van der Waals surface area contributed by atoms with Crippen molar-refractivity contribution in [3.63, 3.8) is 0 Å². The first-order valence-corrected chi connectivity index (χ1v) is 5.64. The van der Waals surface area contributed by atoms with E-state index in [1.807, 2.05) is 24.4 Å². The second-order valence-corrected chi connectivity index (χ2v) is 4.08. The lowest BCUT2D eigenvalue weighted by Crippen LogP contribution is -1.89. The molecule has 0 radical (unpaired) electrons. The van der Waals surface area contributed by atoms with Crippen molar-refractivity contribution >= 4 is 23.0 Å². The molecule has 0 spiro atoms. The van der Waals surface area contributed by atoms with Crippen molar-refractivity contribution in [1.82, 2.24) is 15.0 Å². The van der Waals surface area contributed by atoms with E-state index in [-0.39, 0.29) is 0 Å². The highest BCUT2D eigenvalue weighted by atomic mass is 32.1. The number of hydrogen-bond donors (Lipinski definition) is 1. The van der Waals surface area contributed by atoms with Gasteiger partial charge < -0.3 is 4.98 Å². The standard InChI is InChI=1S/C13H9N3S/c17-13-12(15-5-6-16-13)11-8-14-7-9-3-1-2-4-10(9)11/h1-8H,(H,16,17). The average Bonchev–Trinajstić information content (AvgIpc) is 2.39. The van der Waals surface area contributed by atoms with Crippen molar-refractivity contribution in [2.24, 2.45) is 0 Å². The molecule has 17 heavy (non-hydrogen) atoms. The van der Waals surface area contributed by atoms with Gasteiger partial charge in [0.05, 0.1) is 0 Å². The Balaban J connectivity index is 2.39. The summed E-state index contributed by atoms with van der Waals surface area (Å²) < 4.78 is 0.630. The van der Waals surface area contributed by atoms with E-state index in [1.54, 1.807) is 18.6 Å². The minimum absolute atomic E-state index is 0.630. The number of aromatic amines is 1. The molecule has 1 N–H and O–H groups in total. The SMILES string of the molecule is S=c1[nH]ccnc1-c1cncc2ccccc12. The molecule has 1 aromatic carbocycles. The Morgan fingerprint density at radius 2 is 2.00 bits per heavy atom. The molecule has 2 heterocycles. The first kappa shape index (κ1) is 10.1. The van der Waals surface area contributed by atoms with Crippen LogP contribution in [-0.2, 0) is 0 Å². The van der Waals surface area contributed by atoms with E-state index in [4.69, 9.17) is 12.2 Å². The third-order valence-corrected chi connectivity index (χ3v) is 2.94. The summed E-state index contributed by atoms with van der Waals surface area (Å²) in [6.45, 7) is 0. The molecule has 0 unspecified atom stereocenters. The molecule has 4 heteroatoms. The monoisotopic (exact) mass is 239 g/mol. The Hall–Kier alpha value is -2.07. The first-order valence-electron chi connectivity index (χ1n) is 5.23. The Morgan fingerprint density at radius 1 is 1.12 bits per heavy atom. The first-order chi connectivity index (χ1) is 8.36. The van der Waals surface area contributed by atoms with Crippen molar-refractivity contribution in [2.45, 2.75) is 0 Å². The molecule has 0 aliphatic rings. The molecule has 0 atom stereocenters. The van der Waals surface area contributed by atoms with E-state index in [9.17, 15) is 0 Å². The zero-order valence-electron chi connectivity index (χ0n) is 8.92. The fraction of sp³-hybridized carbons (Fsp3) is 0. The number of benzene rings is 1. The van der Waals surface area contributed by atoms with Gasteiger partial charge >= 0.3 is 0 Å². The maximum Gasteiger partial charge on any atom is 0.129 e. The molecule has 0 saturated carbocycles. The highest BCUT2D eigenvalue weighted by molar-refractivity contribution is 7.71. The van der Waals surface area contributed by atoms with Gasteiger partial charge in [0.25, 0.3) is 0 Å². The lowest BCUT2D eigenvalue weighted by Gasteiger charge is -2.04. The number of pyridine rings is 1. The van der Waals surface area contributed by atoms with Crippen LogP contribution in [0.2, 0.25) is 0 Å². The molecule has 0 aliphatic heterocycles. The largest absolute Gasteiger partial charge is 0.350 e. The number of nitrogens with one attached hydrogen (secondary N) is 1. The van der Waals surface area contributed by atoms with E-state index in [2.05, 4.69) is 21.0 Å². The molecule has 2 aromatic heterocycles. The van der Waals surface area contributed by atoms with E-state index in [0.717, 1.165) is 22.0 Å². The second kappa shape index (κ2) is 4.07. The van der Waals surface area contributed by atoms with Gasteiger partial charge in [0.2, 0.25) is 0 Å². The maximum absolute atomic E-state index is 5.25. The molecule has 0 aliphatic carbocycles. The topological polar surface area (TPSA) is 41.6 Å². The minimum atomic E-state index is 0.630. The summed E-state index contributed by atoms with van der Waals surface area (Å²) in [5, 5.41) is 2.20. The fourth-order valence-electron chi connectivity index (χ4n) is 1.85. The lowest BCUT2D eigenvalue weighted by molar-refractivity contribution is 1.18. The molecular formula is C13H9N3S. The van der Waals surface area contributed by atoms with Gasteiger partial charge in [0.15, 0.2) is 0 Å². The van der Waals surface area contributed by atoms with Gasteiger partial charge in [-0.1, -0.05) is 36.5 Å². The number of nitrogens with zero attached hydrogens (tertiary/aromatic N) is 2. The van der Waals surface area contributed by atoms with Crippen molar-refractivity contribution in [2.75, 3.05) is 0 Å². The predicted molar refractivity (Wildman–Crippen MR) is 70.2 cm³/mol. The molecular weight excluding hydrogens is 230 g/mol. The smallest absolute Gasteiger partial charge is 0.129 e. The van der Waals surface area contributed by atoms with Gasteiger partial charge in [0, 0.05) is 35.7 Å². The lowest BCUT2D eigenvalue weighted by atomic mass is 10.1. The highest BCUT2D eigenvalue weighted by Crippen LogP contribution is 2.25. The predicted octanol–water partition coefficient (Wildman–Crippen LogP) is 3.35. The molecule has 0 fully saturated rings. The third kappa shape index (κ3) is 1.72. The molecule has 3 rings (SSSR count). The van der Waals surface area contributed by atoms with Crippen molar-refractivity contribution in [3.8, 4) is 11.3 Å². The Bertz CT molecular complexity index is 728. The number of rotatable bonds is 1. The van der Waals surface area contributed by atoms with Gasteiger partial charge in [-0.3, -0.25) is 9.97 Å². The van der Waals surface area contributed by atoms with Crippen LogP contribution in [-0.4, -0.2) is 15.0 Å². The van der Waals surface area contributed by atoms with Crippen LogP contribution in [0.5, 0.6) is 0 Å². The van der Waals surface area contributed by atoms with Crippen LogP contribution < -0.4 is 0 Å². The maximum atomic E-state index is 5.25. The number of hydrogen-bond acceptors (Lipinski definition) is 3. The molecule has 0 bridgehead atoms. The van der Waals surface area contributed by atoms with Crippen LogP contribution >= 0.6 is 12.2 Å². The Morgan fingerprint density at radius 3 is 2.88 bits per heavy atom. The quantitative estimate of drug-likeness (QED) is 0.662. The minimum Gasteiger partial charge on any atom is -0.350 e. The Kier molecular flexibility index (Phi) is 2.42. The third-order valence-electron chi connectivity index (χ3n) is 2.63. The summed E-state index contributed by atoms with van der Waals surface area (Å²) in [6.07, 6.45) is 7.07. The van der Waals surface area contributed by atoms with E-state index in [1.165, 1.54) is 0 Å². The van der Waals surface area contributed by atoms with Crippen LogP contribution in [0, 0.1) is 4.64 Å². The summed E-state index contributed by atoms with van der Waals surface area (Å²) in [5.41, 5.74) is 1.73. The van der Waals surface area contributed by atoms with Crippen LogP contribution in [0.15, 0.2) is 49.1 Å². The summed E-state index contributed by atoms with van der Waals surface area (Å²) in [5.74, 6) is 0. The van der Waals surface area contributed by atoms with Gasteiger partial charge in [-0.15, -0.1) is 0 Å². The van der Waals surface area contributed by atoms with Gasteiger partial charge in [-0.2, -0.15) is 0 Å². The zero-order valence-corrected chi connectivity index (χ0v) is 9.74. The number of aromatic nitrogens is 3. The van der Waals surface area contributed by atoms with Crippen molar-refractivity contribution in [3.05, 3.63) is 53.7 Å². The molecule has 3 aromatic rings. The number of H-pyrrole nitrogens is 1.